The third-order valence-corrected chi connectivity index (χ3v) is 6.06. The van der Waals surface area contributed by atoms with E-state index >= 15 is 0 Å². The average molecular weight is 500 g/mol. The lowest BCUT2D eigenvalue weighted by Crippen LogP contribution is -2.43. The van der Waals surface area contributed by atoms with Crippen molar-refractivity contribution in [3.05, 3.63) is 72.1 Å². The van der Waals surface area contributed by atoms with E-state index in [0.29, 0.717) is 24.2 Å². The summed E-state index contributed by atoms with van der Waals surface area (Å²) < 4.78 is 39.5. The van der Waals surface area contributed by atoms with Gasteiger partial charge < -0.3 is 15.5 Å². The minimum absolute atomic E-state index is 0.284. The number of amides is 2. The Hall–Kier alpha value is -3.82. The summed E-state index contributed by atoms with van der Waals surface area (Å²) in [5, 5.41) is 9.21. The molecule has 1 aliphatic rings. The molecule has 10 heteroatoms. The van der Waals surface area contributed by atoms with Gasteiger partial charge in [0.2, 0.25) is 5.91 Å². The van der Waals surface area contributed by atoms with Crippen molar-refractivity contribution in [2.45, 2.75) is 44.8 Å². The molecule has 1 aromatic heterocycles. The minimum Gasteiger partial charge on any atom is -0.371 e. The van der Waals surface area contributed by atoms with Gasteiger partial charge in [0.25, 0.3) is 5.91 Å². The molecule has 0 radical (unpaired) electrons. The predicted molar refractivity (Wildman–Crippen MR) is 131 cm³/mol. The molecule has 1 aliphatic heterocycles. The van der Waals surface area contributed by atoms with E-state index in [9.17, 15) is 22.8 Å². The fraction of sp³-hybridized carbons (Fsp3) is 0.346. The lowest BCUT2D eigenvalue weighted by Gasteiger charge is -2.20. The number of nitrogens with one attached hydrogen (secondary N) is 2. The van der Waals surface area contributed by atoms with Crippen LogP contribution in [-0.4, -0.2) is 40.7 Å². The lowest BCUT2D eigenvalue weighted by molar-refractivity contribution is -0.141. The Morgan fingerprint density at radius 3 is 2.39 bits per heavy atom. The van der Waals surface area contributed by atoms with Gasteiger partial charge in [-0.2, -0.15) is 18.3 Å². The van der Waals surface area contributed by atoms with Crippen molar-refractivity contribution in [1.82, 2.24) is 15.1 Å². The zero-order valence-corrected chi connectivity index (χ0v) is 19.9. The molecule has 0 bridgehead atoms. The van der Waals surface area contributed by atoms with Crippen LogP contribution in [0, 0.1) is 0 Å². The first kappa shape index (κ1) is 25.3. The first-order chi connectivity index (χ1) is 17.2. The van der Waals surface area contributed by atoms with Gasteiger partial charge in [-0.3, -0.25) is 9.59 Å². The third-order valence-electron chi connectivity index (χ3n) is 6.06. The molecule has 0 spiro atoms. The quantitative estimate of drug-likeness (QED) is 0.456. The van der Waals surface area contributed by atoms with E-state index in [1.165, 1.54) is 30.5 Å². The van der Waals surface area contributed by atoms with Gasteiger partial charge in [-0.05, 0) is 67.8 Å². The highest BCUT2D eigenvalue weighted by Crippen LogP contribution is 2.28. The highest BCUT2D eigenvalue weighted by atomic mass is 19.4. The van der Waals surface area contributed by atoms with Crippen molar-refractivity contribution in [1.29, 1.82) is 0 Å². The summed E-state index contributed by atoms with van der Waals surface area (Å²) in [5.74, 6) is -0.756. The average Bonchev–Trinajstić information content (AvgIpc) is 3.57. The fourth-order valence-electron chi connectivity index (χ4n) is 4.17. The summed E-state index contributed by atoms with van der Waals surface area (Å²) in [6, 6.07) is 13.8. The van der Waals surface area contributed by atoms with Crippen LogP contribution >= 0.6 is 0 Å². The number of carbonyl (C=O) groups excluding carboxylic acids is 2. The van der Waals surface area contributed by atoms with Crippen molar-refractivity contribution in [2.75, 3.05) is 23.3 Å². The maximum Gasteiger partial charge on any atom is 0.435 e. The molecule has 1 fully saturated rings. The SMILES string of the molecule is CCCC(NC(=O)c1ccc(-n2ccc(C(F)(F)F)n2)cc1)C(=O)Nc1cccc(N2CCCC2)c1. The molecule has 1 atom stereocenters. The molecular weight excluding hydrogens is 471 g/mol. The van der Waals surface area contributed by atoms with E-state index in [1.54, 1.807) is 0 Å². The maximum absolute atomic E-state index is 13.0. The Morgan fingerprint density at radius 1 is 1.03 bits per heavy atom. The number of aromatic nitrogens is 2. The molecule has 1 unspecified atom stereocenters. The summed E-state index contributed by atoms with van der Waals surface area (Å²) >= 11 is 0. The topological polar surface area (TPSA) is 79.3 Å². The molecule has 1 saturated heterocycles. The molecule has 3 aromatic rings. The molecular formula is C26H28F3N5O2. The van der Waals surface area contributed by atoms with Crippen molar-refractivity contribution < 1.29 is 22.8 Å². The molecule has 2 heterocycles. The molecule has 0 aliphatic carbocycles. The van der Waals surface area contributed by atoms with Crippen LogP contribution in [-0.2, 0) is 11.0 Å². The van der Waals surface area contributed by atoms with E-state index in [4.69, 9.17) is 0 Å². The van der Waals surface area contributed by atoms with Crippen molar-refractivity contribution in [2.24, 2.45) is 0 Å². The van der Waals surface area contributed by atoms with E-state index in [1.807, 2.05) is 31.2 Å². The lowest BCUT2D eigenvalue weighted by atomic mass is 10.1. The molecule has 4 rings (SSSR count). The van der Waals surface area contributed by atoms with Crippen molar-refractivity contribution in [3.63, 3.8) is 0 Å². The first-order valence-electron chi connectivity index (χ1n) is 11.9. The summed E-state index contributed by atoms with van der Waals surface area (Å²) in [7, 11) is 0. The van der Waals surface area contributed by atoms with E-state index in [-0.39, 0.29) is 11.5 Å². The smallest absolute Gasteiger partial charge is 0.371 e. The molecule has 2 N–H and O–H groups in total. The van der Waals surface area contributed by atoms with Crippen LogP contribution in [0.25, 0.3) is 5.69 Å². The Bertz CT molecular complexity index is 1200. The molecule has 7 nitrogen and oxygen atoms in total. The normalized spacial score (nSPS) is 14.5. The van der Waals surface area contributed by atoms with Gasteiger partial charge in [0.1, 0.15) is 6.04 Å². The van der Waals surface area contributed by atoms with Crippen LogP contribution in [0.1, 0.15) is 48.7 Å². The molecule has 0 saturated carbocycles. The number of alkyl halides is 3. The third kappa shape index (κ3) is 6.05. The second kappa shape index (κ2) is 10.8. The van der Waals surface area contributed by atoms with Gasteiger partial charge in [-0.15, -0.1) is 0 Å². The molecule has 2 aromatic carbocycles. The molecule has 36 heavy (non-hydrogen) atoms. The first-order valence-corrected chi connectivity index (χ1v) is 11.9. The van der Waals surface area contributed by atoms with Gasteiger partial charge >= 0.3 is 6.18 Å². The van der Waals surface area contributed by atoms with Crippen LogP contribution < -0.4 is 15.5 Å². The van der Waals surface area contributed by atoms with Gasteiger partial charge in [0.05, 0.1) is 5.69 Å². The summed E-state index contributed by atoms with van der Waals surface area (Å²) in [4.78, 5) is 28.1. The second-order valence-corrected chi connectivity index (χ2v) is 8.74. The standard InChI is InChI=1S/C26H28F3N5O2/c1-2-6-22(25(36)30-19-7-5-8-21(17-19)33-14-3-4-15-33)31-24(35)18-9-11-20(12-10-18)34-16-13-23(32-34)26(27,28)29/h5,7-13,16-17,22H,2-4,6,14-15H2,1H3,(H,30,36)(H,31,35). The van der Waals surface area contributed by atoms with Gasteiger partial charge in [0, 0.05) is 36.2 Å². The highest BCUT2D eigenvalue weighted by Gasteiger charge is 2.33. The van der Waals surface area contributed by atoms with Crippen LogP contribution in [0.3, 0.4) is 0 Å². The number of anilines is 2. The number of rotatable bonds is 8. The number of carbonyl (C=O) groups is 2. The molecule has 2 amide bonds. The second-order valence-electron chi connectivity index (χ2n) is 8.74. The number of halogens is 3. The van der Waals surface area contributed by atoms with Crippen LogP contribution in [0.15, 0.2) is 60.8 Å². The number of benzene rings is 2. The monoisotopic (exact) mass is 499 g/mol. The van der Waals surface area contributed by atoms with Gasteiger partial charge in [0.15, 0.2) is 5.69 Å². The maximum atomic E-state index is 13.0. The van der Waals surface area contributed by atoms with Crippen LogP contribution in [0.4, 0.5) is 24.5 Å². The van der Waals surface area contributed by atoms with Gasteiger partial charge in [-0.1, -0.05) is 19.4 Å². The Labute approximate surface area is 207 Å². The van der Waals surface area contributed by atoms with Crippen LogP contribution in [0.5, 0.6) is 0 Å². The predicted octanol–water partition coefficient (Wildman–Crippen LogP) is 5.03. The number of hydrogen-bond donors (Lipinski definition) is 2. The zero-order chi connectivity index (χ0) is 25.7. The fourth-order valence-corrected chi connectivity index (χ4v) is 4.17. The number of hydrogen-bond acceptors (Lipinski definition) is 4. The van der Waals surface area contributed by atoms with Crippen molar-refractivity contribution in [3.8, 4) is 5.69 Å². The highest BCUT2D eigenvalue weighted by molar-refractivity contribution is 6.01. The van der Waals surface area contributed by atoms with E-state index < -0.39 is 23.8 Å². The number of nitrogens with zero attached hydrogens (tertiary/aromatic N) is 3. The van der Waals surface area contributed by atoms with Gasteiger partial charge in [-0.25, -0.2) is 4.68 Å². The molecule has 190 valence electrons. The zero-order valence-electron chi connectivity index (χ0n) is 19.9. The Kier molecular flexibility index (Phi) is 7.61. The Balaban J connectivity index is 1.41. The van der Waals surface area contributed by atoms with Crippen molar-refractivity contribution >= 4 is 23.2 Å². The summed E-state index contributed by atoms with van der Waals surface area (Å²) in [5.41, 5.74) is 1.39. The van der Waals surface area contributed by atoms with Crippen LogP contribution in [0.2, 0.25) is 0 Å². The summed E-state index contributed by atoms with van der Waals surface area (Å²) in [6.07, 6.45) is 0.117. The van der Waals surface area contributed by atoms with E-state index in [2.05, 4.69) is 20.6 Å². The summed E-state index contributed by atoms with van der Waals surface area (Å²) in [6.45, 7) is 3.91. The Morgan fingerprint density at radius 2 is 1.75 bits per heavy atom. The van der Waals surface area contributed by atoms with E-state index in [0.717, 1.165) is 42.4 Å². The largest absolute Gasteiger partial charge is 0.435 e. The minimum atomic E-state index is -4.53.